The van der Waals surface area contributed by atoms with E-state index in [-0.39, 0.29) is 5.69 Å². The van der Waals surface area contributed by atoms with E-state index in [0.717, 1.165) is 0 Å². The van der Waals surface area contributed by atoms with Gasteiger partial charge in [-0.05, 0) is 13.8 Å². The van der Waals surface area contributed by atoms with Gasteiger partial charge < -0.3 is 15.0 Å². The van der Waals surface area contributed by atoms with Crippen molar-refractivity contribution >= 4 is 17.3 Å². The van der Waals surface area contributed by atoms with Gasteiger partial charge in [0.2, 0.25) is 0 Å². The van der Waals surface area contributed by atoms with Crippen LogP contribution < -0.4 is 10.2 Å². The second kappa shape index (κ2) is 7.52. The molecule has 0 aliphatic heterocycles. The first-order valence-electron chi connectivity index (χ1n) is 6.27. The maximum Gasteiger partial charge on any atom is 0.276 e. The highest BCUT2D eigenvalue weighted by Crippen LogP contribution is 2.22. The Morgan fingerprint density at radius 3 is 2.79 bits per heavy atom. The molecule has 0 atom stereocenters. The third kappa shape index (κ3) is 4.70. The Morgan fingerprint density at radius 2 is 2.21 bits per heavy atom. The number of ether oxygens (including phenoxy) is 1. The standard InChI is InChI=1S/C12H20N4O3/c1-4-13-11-8-10(16(17)18)9-12(14-11)15(3)6-7-19-5-2/h8-9H,4-7H2,1-3H3,(H,13,14). The third-order valence-corrected chi connectivity index (χ3v) is 2.53. The summed E-state index contributed by atoms with van der Waals surface area (Å²) in [7, 11) is 1.83. The first-order valence-corrected chi connectivity index (χ1v) is 6.27. The number of nitrogens with zero attached hydrogens (tertiary/aromatic N) is 3. The second-order valence-electron chi connectivity index (χ2n) is 3.97. The number of nitrogens with one attached hydrogen (secondary N) is 1. The number of rotatable bonds is 8. The molecule has 0 unspecified atom stereocenters. The molecule has 0 aliphatic rings. The van der Waals surface area contributed by atoms with Gasteiger partial charge in [0, 0.05) is 26.7 Å². The predicted octanol–water partition coefficient (Wildman–Crippen LogP) is 1.89. The summed E-state index contributed by atoms with van der Waals surface area (Å²) >= 11 is 0. The molecule has 19 heavy (non-hydrogen) atoms. The quantitative estimate of drug-likeness (QED) is 0.440. The van der Waals surface area contributed by atoms with Gasteiger partial charge in [0.05, 0.1) is 23.7 Å². The number of hydrogen-bond donors (Lipinski definition) is 1. The maximum atomic E-state index is 10.9. The number of likely N-dealkylation sites (N-methyl/N-ethyl adjacent to an activating group) is 1. The highest BCUT2D eigenvalue weighted by Gasteiger charge is 2.13. The van der Waals surface area contributed by atoms with Crippen molar-refractivity contribution < 1.29 is 9.66 Å². The van der Waals surface area contributed by atoms with Crippen LogP contribution in [0.3, 0.4) is 0 Å². The Labute approximate surface area is 112 Å². The van der Waals surface area contributed by atoms with Gasteiger partial charge in [-0.25, -0.2) is 4.98 Å². The highest BCUT2D eigenvalue weighted by atomic mass is 16.6. The van der Waals surface area contributed by atoms with Crippen molar-refractivity contribution in [3.63, 3.8) is 0 Å². The summed E-state index contributed by atoms with van der Waals surface area (Å²) < 4.78 is 5.26. The molecule has 0 saturated heterocycles. The minimum absolute atomic E-state index is 0.0317. The number of aromatic nitrogens is 1. The van der Waals surface area contributed by atoms with E-state index in [2.05, 4.69) is 10.3 Å². The second-order valence-corrected chi connectivity index (χ2v) is 3.97. The van der Waals surface area contributed by atoms with Crippen molar-refractivity contribution in [3.05, 3.63) is 22.2 Å². The summed E-state index contributed by atoms with van der Waals surface area (Å²) in [6, 6.07) is 2.90. The molecular formula is C12H20N4O3. The normalized spacial score (nSPS) is 10.3. The van der Waals surface area contributed by atoms with Crippen LogP contribution in [0, 0.1) is 10.1 Å². The van der Waals surface area contributed by atoms with Crippen LogP contribution in [0.25, 0.3) is 0 Å². The molecule has 1 heterocycles. The van der Waals surface area contributed by atoms with Crippen molar-refractivity contribution in [3.8, 4) is 0 Å². The Kier molecular flexibility index (Phi) is 6.01. The molecule has 7 nitrogen and oxygen atoms in total. The number of anilines is 2. The van der Waals surface area contributed by atoms with E-state index in [4.69, 9.17) is 4.74 Å². The van der Waals surface area contributed by atoms with Crippen LogP contribution in [-0.4, -0.2) is 43.3 Å². The van der Waals surface area contributed by atoms with Crippen LogP contribution in [0.5, 0.6) is 0 Å². The van der Waals surface area contributed by atoms with E-state index >= 15 is 0 Å². The summed E-state index contributed by atoms with van der Waals surface area (Å²) in [4.78, 5) is 16.7. The molecule has 7 heteroatoms. The summed E-state index contributed by atoms with van der Waals surface area (Å²) in [5.74, 6) is 1.07. The largest absolute Gasteiger partial charge is 0.380 e. The summed E-state index contributed by atoms with van der Waals surface area (Å²) in [5, 5.41) is 13.9. The molecule has 1 rings (SSSR count). The van der Waals surface area contributed by atoms with Gasteiger partial charge in [-0.15, -0.1) is 0 Å². The molecule has 0 radical (unpaired) electrons. The van der Waals surface area contributed by atoms with Crippen LogP contribution >= 0.6 is 0 Å². The van der Waals surface area contributed by atoms with E-state index < -0.39 is 4.92 Å². The minimum atomic E-state index is -0.414. The lowest BCUT2D eigenvalue weighted by Crippen LogP contribution is -2.24. The maximum absolute atomic E-state index is 10.9. The lowest BCUT2D eigenvalue weighted by molar-refractivity contribution is -0.384. The average Bonchev–Trinajstić information content (AvgIpc) is 2.39. The monoisotopic (exact) mass is 268 g/mol. The number of hydrogen-bond acceptors (Lipinski definition) is 6. The van der Waals surface area contributed by atoms with Gasteiger partial charge >= 0.3 is 0 Å². The first-order chi connectivity index (χ1) is 9.08. The summed E-state index contributed by atoms with van der Waals surface area (Å²) in [5.41, 5.74) is 0.0317. The molecule has 0 aliphatic carbocycles. The molecule has 0 saturated carbocycles. The predicted molar refractivity (Wildman–Crippen MR) is 74.8 cm³/mol. The SMILES string of the molecule is CCNc1cc([N+](=O)[O-])cc(N(C)CCOCC)n1. The molecule has 1 N–H and O–H groups in total. The van der Waals surface area contributed by atoms with Crippen molar-refractivity contribution in [2.24, 2.45) is 0 Å². The van der Waals surface area contributed by atoms with Gasteiger partial charge in [0.25, 0.3) is 5.69 Å². The van der Waals surface area contributed by atoms with Crippen LogP contribution in [0.4, 0.5) is 17.3 Å². The van der Waals surface area contributed by atoms with Crippen molar-refractivity contribution in [2.45, 2.75) is 13.8 Å². The van der Waals surface area contributed by atoms with Gasteiger partial charge in [-0.3, -0.25) is 10.1 Å². The smallest absolute Gasteiger partial charge is 0.276 e. The zero-order chi connectivity index (χ0) is 14.3. The molecule has 0 spiro atoms. The molecule has 1 aromatic heterocycles. The molecule has 0 amide bonds. The zero-order valence-corrected chi connectivity index (χ0v) is 11.5. The van der Waals surface area contributed by atoms with Gasteiger partial charge in [-0.1, -0.05) is 0 Å². The third-order valence-electron chi connectivity index (χ3n) is 2.53. The zero-order valence-electron chi connectivity index (χ0n) is 11.5. The number of nitro groups is 1. The van der Waals surface area contributed by atoms with Gasteiger partial charge in [0.1, 0.15) is 11.6 Å². The molecule has 0 bridgehead atoms. The van der Waals surface area contributed by atoms with Crippen LogP contribution in [-0.2, 0) is 4.74 Å². The topological polar surface area (TPSA) is 80.5 Å². The number of pyridine rings is 1. The van der Waals surface area contributed by atoms with Crippen molar-refractivity contribution in [1.29, 1.82) is 0 Å². The Hall–Kier alpha value is -1.89. The fourth-order valence-corrected chi connectivity index (χ4v) is 1.53. The minimum Gasteiger partial charge on any atom is -0.380 e. The van der Waals surface area contributed by atoms with E-state index in [1.54, 1.807) is 0 Å². The van der Waals surface area contributed by atoms with E-state index in [1.807, 2.05) is 25.8 Å². The fourth-order valence-electron chi connectivity index (χ4n) is 1.53. The van der Waals surface area contributed by atoms with Crippen molar-refractivity contribution in [2.75, 3.05) is 43.6 Å². The lowest BCUT2D eigenvalue weighted by atomic mass is 10.3. The molecule has 106 valence electrons. The summed E-state index contributed by atoms with van der Waals surface area (Å²) in [6.45, 7) is 6.35. The lowest BCUT2D eigenvalue weighted by Gasteiger charge is -2.18. The highest BCUT2D eigenvalue weighted by molar-refractivity contribution is 5.55. The summed E-state index contributed by atoms with van der Waals surface area (Å²) in [6.07, 6.45) is 0. The van der Waals surface area contributed by atoms with Gasteiger partial charge in [-0.2, -0.15) is 0 Å². The molecular weight excluding hydrogens is 248 g/mol. The van der Waals surface area contributed by atoms with Crippen LogP contribution in [0.15, 0.2) is 12.1 Å². The van der Waals surface area contributed by atoms with Crippen LogP contribution in [0.2, 0.25) is 0 Å². The van der Waals surface area contributed by atoms with E-state index in [9.17, 15) is 10.1 Å². The van der Waals surface area contributed by atoms with Crippen LogP contribution in [0.1, 0.15) is 13.8 Å². The molecule has 0 aromatic carbocycles. The van der Waals surface area contributed by atoms with E-state index in [1.165, 1.54) is 12.1 Å². The molecule has 1 aromatic rings. The van der Waals surface area contributed by atoms with Gasteiger partial charge in [0.15, 0.2) is 0 Å². The molecule has 0 fully saturated rings. The Bertz CT molecular complexity index is 425. The fraction of sp³-hybridized carbons (Fsp3) is 0.583. The Balaban J connectivity index is 2.88. The first kappa shape index (κ1) is 15.2. The Morgan fingerprint density at radius 1 is 1.47 bits per heavy atom. The van der Waals surface area contributed by atoms with Crippen molar-refractivity contribution in [1.82, 2.24) is 4.98 Å². The van der Waals surface area contributed by atoms with E-state index in [0.29, 0.717) is 37.9 Å². The average molecular weight is 268 g/mol.